The number of amides is 2. The van der Waals surface area contributed by atoms with Gasteiger partial charge >= 0.3 is 11.7 Å². The summed E-state index contributed by atoms with van der Waals surface area (Å²) in [6, 6.07) is 10.3. The molecule has 0 bridgehead atoms. The van der Waals surface area contributed by atoms with Crippen molar-refractivity contribution in [1.29, 1.82) is 0 Å². The molecule has 5 rings (SSSR count). The highest BCUT2D eigenvalue weighted by atomic mass is 35.5. The van der Waals surface area contributed by atoms with Crippen LogP contribution in [0.5, 0.6) is 0 Å². The summed E-state index contributed by atoms with van der Waals surface area (Å²) in [5, 5.41) is 18.2. The number of carboxylic acids is 1. The van der Waals surface area contributed by atoms with Gasteiger partial charge in [0.25, 0.3) is 11.8 Å². The molecule has 5 aromatic rings. The standard InChI is InChI=1S/C25H18ClFN6O6/c1-32-18-7-13(3-5-20(18)39-25(32)38)10-28-22(34)17-8-19(33-21(31-17)16(27)11-30-33)23(35)29-9-12-2-4-14(24(36)37)15(26)6-12/h2-8,11H,9-10H2,1H3,(H,28,34)(H,29,35)(H,36,37). The molecule has 0 aliphatic rings. The van der Waals surface area contributed by atoms with E-state index < -0.39 is 29.4 Å². The fraction of sp³-hybridized carbons (Fsp3) is 0.120. The number of carbonyl (C=O) groups is 3. The third-order valence-corrected chi connectivity index (χ3v) is 6.23. The van der Waals surface area contributed by atoms with Crippen molar-refractivity contribution >= 4 is 46.1 Å². The van der Waals surface area contributed by atoms with Crippen molar-refractivity contribution in [3.05, 3.63) is 98.1 Å². The first-order chi connectivity index (χ1) is 18.6. The molecule has 0 fully saturated rings. The number of benzene rings is 2. The molecular formula is C25H18ClFN6O6. The summed E-state index contributed by atoms with van der Waals surface area (Å²) in [5.74, 6) is -3.90. The Balaban J connectivity index is 1.36. The van der Waals surface area contributed by atoms with Crippen molar-refractivity contribution in [2.75, 3.05) is 0 Å². The summed E-state index contributed by atoms with van der Waals surface area (Å²) < 4.78 is 21.8. The van der Waals surface area contributed by atoms with Crippen LogP contribution in [0.2, 0.25) is 5.02 Å². The molecule has 2 amide bonds. The van der Waals surface area contributed by atoms with Gasteiger partial charge in [-0.1, -0.05) is 23.7 Å². The van der Waals surface area contributed by atoms with Crippen molar-refractivity contribution in [3.63, 3.8) is 0 Å². The predicted octanol–water partition coefficient (Wildman–Crippen LogP) is 2.52. The Morgan fingerprint density at radius 2 is 1.74 bits per heavy atom. The number of nitrogens with one attached hydrogen (secondary N) is 2. The molecule has 0 atom stereocenters. The van der Waals surface area contributed by atoms with E-state index >= 15 is 0 Å². The lowest BCUT2D eigenvalue weighted by atomic mass is 10.1. The Kier molecular flexibility index (Phi) is 6.58. The topological polar surface area (TPSA) is 161 Å². The number of aromatic nitrogens is 4. The summed E-state index contributed by atoms with van der Waals surface area (Å²) in [4.78, 5) is 52.8. The Morgan fingerprint density at radius 1 is 1.05 bits per heavy atom. The minimum atomic E-state index is -1.19. The van der Waals surface area contributed by atoms with Gasteiger partial charge in [0.2, 0.25) is 0 Å². The van der Waals surface area contributed by atoms with E-state index in [0.717, 1.165) is 10.7 Å². The lowest BCUT2D eigenvalue weighted by Crippen LogP contribution is -2.28. The van der Waals surface area contributed by atoms with Gasteiger partial charge < -0.3 is 20.2 Å². The van der Waals surface area contributed by atoms with E-state index in [2.05, 4.69) is 20.7 Å². The van der Waals surface area contributed by atoms with Crippen molar-refractivity contribution < 1.29 is 28.3 Å². The maximum atomic E-state index is 14.4. The smallest absolute Gasteiger partial charge is 0.419 e. The molecule has 0 spiro atoms. The summed E-state index contributed by atoms with van der Waals surface area (Å²) in [6.07, 6.45) is 0.871. The first-order valence-electron chi connectivity index (χ1n) is 11.3. The second kappa shape index (κ2) is 10.0. The van der Waals surface area contributed by atoms with Crippen molar-refractivity contribution in [1.82, 2.24) is 29.8 Å². The zero-order valence-corrected chi connectivity index (χ0v) is 20.8. The average Bonchev–Trinajstić information content (AvgIpc) is 3.43. The molecule has 0 radical (unpaired) electrons. The van der Waals surface area contributed by atoms with Crippen LogP contribution in [0.1, 0.15) is 42.5 Å². The molecular weight excluding hydrogens is 535 g/mol. The average molecular weight is 553 g/mol. The lowest BCUT2D eigenvalue weighted by Gasteiger charge is -2.10. The highest BCUT2D eigenvalue weighted by molar-refractivity contribution is 6.33. The number of hydrogen-bond donors (Lipinski definition) is 3. The van der Waals surface area contributed by atoms with Crippen LogP contribution in [0.4, 0.5) is 4.39 Å². The monoisotopic (exact) mass is 552 g/mol. The van der Waals surface area contributed by atoms with Crippen LogP contribution in [0.25, 0.3) is 16.7 Å². The largest absolute Gasteiger partial charge is 0.478 e. The molecule has 14 heteroatoms. The third kappa shape index (κ3) is 4.94. The van der Waals surface area contributed by atoms with Crippen molar-refractivity contribution in [3.8, 4) is 0 Å². The van der Waals surface area contributed by atoms with Crippen LogP contribution in [0.15, 0.2) is 57.9 Å². The van der Waals surface area contributed by atoms with Crippen molar-refractivity contribution in [2.24, 2.45) is 7.05 Å². The molecule has 0 aliphatic heterocycles. The Hall–Kier alpha value is -5.04. The molecule has 0 aliphatic carbocycles. The van der Waals surface area contributed by atoms with Gasteiger partial charge in [0.05, 0.1) is 22.3 Å². The van der Waals surface area contributed by atoms with Gasteiger partial charge in [0, 0.05) is 26.2 Å². The SMILES string of the molecule is Cn1c(=O)oc2ccc(CNC(=O)c3cc(C(=O)NCc4ccc(C(=O)O)c(Cl)c4)n4ncc(F)c4n3)cc21. The van der Waals surface area contributed by atoms with Crippen LogP contribution in [-0.2, 0) is 20.1 Å². The highest BCUT2D eigenvalue weighted by Gasteiger charge is 2.20. The zero-order chi connectivity index (χ0) is 27.8. The number of aromatic carboxylic acids is 1. The van der Waals surface area contributed by atoms with Crippen LogP contribution < -0.4 is 16.4 Å². The first kappa shape index (κ1) is 25.6. The summed E-state index contributed by atoms with van der Waals surface area (Å²) >= 11 is 5.98. The molecule has 39 heavy (non-hydrogen) atoms. The number of rotatable bonds is 7. The first-order valence-corrected chi connectivity index (χ1v) is 11.7. The number of fused-ring (bicyclic) bond motifs is 2. The summed E-state index contributed by atoms with van der Waals surface area (Å²) in [6.45, 7) is 0.0178. The van der Waals surface area contributed by atoms with E-state index in [1.807, 2.05) is 0 Å². The molecule has 3 heterocycles. The zero-order valence-electron chi connectivity index (χ0n) is 20.1. The number of aryl methyl sites for hydroxylation is 1. The normalized spacial score (nSPS) is 11.2. The molecule has 2 aromatic carbocycles. The van der Waals surface area contributed by atoms with E-state index in [1.54, 1.807) is 25.2 Å². The Labute approximate surface area is 222 Å². The number of nitrogens with zero attached hydrogens (tertiary/aromatic N) is 4. The van der Waals surface area contributed by atoms with E-state index in [9.17, 15) is 23.6 Å². The molecule has 12 nitrogen and oxygen atoms in total. The number of hydrogen-bond acceptors (Lipinski definition) is 7. The molecule has 0 saturated heterocycles. The summed E-state index contributed by atoms with van der Waals surface area (Å²) in [5.41, 5.74) is 1.34. The minimum absolute atomic E-state index is 0.00259. The molecule has 3 aromatic heterocycles. The molecule has 0 unspecified atom stereocenters. The number of carboxylic acid groups (broad SMARTS) is 1. The Morgan fingerprint density at radius 3 is 2.46 bits per heavy atom. The van der Waals surface area contributed by atoms with Crippen LogP contribution in [0, 0.1) is 5.82 Å². The number of oxazole rings is 1. The molecule has 3 N–H and O–H groups in total. The van der Waals surface area contributed by atoms with E-state index in [1.165, 1.54) is 28.8 Å². The van der Waals surface area contributed by atoms with Gasteiger partial charge in [-0.05, 0) is 35.4 Å². The van der Waals surface area contributed by atoms with Gasteiger partial charge in [0.1, 0.15) is 11.4 Å². The van der Waals surface area contributed by atoms with E-state index in [4.69, 9.17) is 21.1 Å². The molecule has 198 valence electrons. The molecule has 0 saturated carbocycles. The minimum Gasteiger partial charge on any atom is -0.478 e. The quantitative estimate of drug-likeness (QED) is 0.277. The van der Waals surface area contributed by atoms with Gasteiger partial charge in [-0.3, -0.25) is 14.2 Å². The fourth-order valence-corrected chi connectivity index (χ4v) is 4.17. The fourth-order valence-electron chi connectivity index (χ4n) is 3.88. The van der Waals surface area contributed by atoms with Gasteiger partial charge in [0.15, 0.2) is 17.0 Å². The van der Waals surface area contributed by atoms with Gasteiger partial charge in [-0.15, -0.1) is 0 Å². The van der Waals surface area contributed by atoms with Gasteiger partial charge in [-0.25, -0.2) is 23.5 Å². The van der Waals surface area contributed by atoms with E-state index in [0.29, 0.717) is 22.2 Å². The number of halogens is 2. The summed E-state index contributed by atoms with van der Waals surface area (Å²) in [7, 11) is 1.56. The maximum Gasteiger partial charge on any atom is 0.419 e. The van der Waals surface area contributed by atoms with Gasteiger partial charge in [-0.2, -0.15) is 5.10 Å². The van der Waals surface area contributed by atoms with Crippen LogP contribution >= 0.6 is 11.6 Å². The Bertz CT molecular complexity index is 1860. The van der Waals surface area contributed by atoms with E-state index in [-0.39, 0.29) is 40.7 Å². The number of carbonyl (C=O) groups excluding carboxylic acids is 2. The van der Waals surface area contributed by atoms with Crippen LogP contribution in [-0.4, -0.2) is 42.1 Å². The third-order valence-electron chi connectivity index (χ3n) is 5.92. The lowest BCUT2D eigenvalue weighted by molar-refractivity contribution is 0.0696. The second-order valence-corrected chi connectivity index (χ2v) is 8.88. The second-order valence-electron chi connectivity index (χ2n) is 8.47. The van der Waals surface area contributed by atoms with Crippen LogP contribution in [0.3, 0.4) is 0 Å². The maximum absolute atomic E-state index is 14.4. The van der Waals surface area contributed by atoms with Crippen molar-refractivity contribution in [2.45, 2.75) is 13.1 Å². The predicted molar refractivity (Wildman–Crippen MR) is 135 cm³/mol. The highest BCUT2D eigenvalue weighted by Crippen LogP contribution is 2.19.